The number of hydrogen-bond acceptors (Lipinski definition) is 5. The third-order valence-electron chi connectivity index (χ3n) is 6.27. The standard InChI is InChI=1S/C28H38N2O4/c1-20-10-8-12-23(4)34-28(32)27-22(3)16-21(2)17-24(27)18-25(13-9-11-20)29-33-19-26(31)30-14-6-5-7-15-30/h8-10,13,16-17,20,23H,5-7,11-12,14-15,18-19H2,1-4H3/b10-8+,13-9+,29-25+/t20?,23-/m1/s1. The smallest absolute Gasteiger partial charge is 0.338 e. The molecular weight excluding hydrogens is 428 g/mol. The summed E-state index contributed by atoms with van der Waals surface area (Å²) in [5.74, 6) is 0.00193. The summed E-state index contributed by atoms with van der Waals surface area (Å²) >= 11 is 0. The fourth-order valence-electron chi connectivity index (χ4n) is 4.50. The molecule has 2 aliphatic heterocycles. The number of esters is 1. The van der Waals surface area contributed by atoms with Crippen molar-refractivity contribution in [3.63, 3.8) is 0 Å². The first-order valence-corrected chi connectivity index (χ1v) is 12.4. The van der Waals surface area contributed by atoms with E-state index in [1.165, 1.54) is 6.42 Å². The van der Waals surface area contributed by atoms with Crippen molar-refractivity contribution in [3.05, 3.63) is 58.7 Å². The van der Waals surface area contributed by atoms with Crippen LogP contribution in [0.25, 0.3) is 0 Å². The quantitative estimate of drug-likeness (QED) is 0.344. The monoisotopic (exact) mass is 466 g/mol. The maximum atomic E-state index is 13.1. The van der Waals surface area contributed by atoms with Gasteiger partial charge in [-0.05, 0) is 69.6 Å². The first kappa shape index (κ1) is 25.7. The summed E-state index contributed by atoms with van der Waals surface area (Å²) in [5, 5.41) is 4.32. The molecule has 1 aromatic carbocycles. The fourth-order valence-corrected chi connectivity index (χ4v) is 4.50. The van der Waals surface area contributed by atoms with E-state index in [-0.39, 0.29) is 24.6 Å². The van der Waals surface area contributed by atoms with Gasteiger partial charge < -0.3 is 14.5 Å². The Balaban J connectivity index is 1.86. The minimum Gasteiger partial charge on any atom is -0.459 e. The van der Waals surface area contributed by atoms with Gasteiger partial charge in [0, 0.05) is 25.9 Å². The zero-order valence-electron chi connectivity index (χ0n) is 21.0. The molecule has 1 unspecified atom stereocenters. The summed E-state index contributed by atoms with van der Waals surface area (Å²) in [4.78, 5) is 32.9. The van der Waals surface area contributed by atoms with E-state index in [4.69, 9.17) is 9.57 Å². The van der Waals surface area contributed by atoms with Crippen molar-refractivity contribution in [2.75, 3.05) is 19.7 Å². The third kappa shape index (κ3) is 7.57. The Morgan fingerprint density at radius 1 is 1.12 bits per heavy atom. The average Bonchev–Trinajstić information content (AvgIpc) is 2.78. The van der Waals surface area contributed by atoms with E-state index in [9.17, 15) is 9.59 Å². The molecule has 0 spiro atoms. The number of rotatable bonds is 3. The lowest BCUT2D eigenvalue weighted by Gasteiger charge is -2.26. The lowest BCUT2D eigenvalue weighted by atomic mass is 9.94. The number of carbonyl (C=O) groups is 2. The summed E-state index contributed by atoms with van der Waals surface area (Å²) in [6.07, 6.45) is 13.3. The molecule has 6 nitrogen and oxygen atoms in total. The number of ether oxygens (including phenoxy) is 1. The number of fused-ring (bicyclic) bond motifs is 1. The molecule has 0 radical (unpaired) electrons. The van der Waals surface area contributed by atoms with Crippen LogP contribution in [0.3, 0.4) is 0 Å². The van der Waals surface area contributed by atoms with E-state index in [2.05, 4.69) is 30.3 Å². The lowest BCUT2D eigenvalue weighted by molar-refractivity contribution is -0.137. The molecular formula is C28H38N2O4. The Labute approximate surface area is 203 Å². The number of oxime groups is 1. The first-order chi connectivity index (χ1) is 16.3. The SMILES string of the molecule is Cc1cc(C)c2c(c1)CC(=N/OCC(=O)N1CCCCC1)/C=C/CC(C)/C=C/C[C@@H](C)OC2=O. The number of cyclic esters (lactones) is 1. The highest BCUT2D eigenvalue weighted by atomic mass is 16.6. The molecule has 0 aliphatic carbocycles. The molecule has 0 saturated carbocycles. The van der Waals surface area contributed by atoms with Crippen molar-refractivity contribution in [1.82, 2.24) is 4.90 Å². The van der Waals surface area contributed by atoms with E-state index in [0.29, 0.717) is 30.0 Å². The molecule has 0 N–H and O–H groups in total. The van der Waals surface area contributed by atoms with E-state index < -0.39 is 0 Å². The van der Waals surface area contributed by atoms with Crippen molar-refractivity contribution >= 4 is 17.6 Å². The second-order valence-electron chi connectivity index (χ2n) is 9.59. The van der Waals surface area contributed by atoms with Crippen LogP contribution in [0.5, 0.6) is 0 Å². The van der Waals surface area contributed by atoms with Gasteiger partial charge >= 0.3 is 5.97 Å². The Kier molecular flexibility index (Phi) is 9.49. The largest absolute Gasteiger partial charge is 0.459 e. The van der Waals surface area contributed by atoms with Gasteiger partial charge in [0.05, 0.1) is 11.3 Å². The van der Waals surface area contributed by atoms with Crippen LogP contribution >= 0.6 is 0 Å². The van der Waals surface area contributed by atoms with Gasteiger partial charge in [0.1, 0.15) is 6.10 Å². The van der Waals surface area contributed by atoms with E-state index in [1.54, 1.807) is 0 Å². The van der Waals surface area contributed by atoms with Gasteiger partial charge in [0.2, 0.25) is 0 Å². The summed E-state index contributed by atoms with van der Waals surface area (Å²) in [6, 6.07) is 4.00. The fraction of sp³-hybridized carbons (Fsp3) is 0.536. The normalized spacial score (nSPS) is 25.1. The second-order valence-corrected chi connectivity index (χ2v) is 9.59. The molecule has 6 heteroatoms. The molecule has 184 valence electrons. The van der Waals surface area contributed by atoms with Gasteiger partial charge in [-0.2, -0.15) is 0 Å². The Hall–Kier alpha value is -2.89. The summed E-state index contributed by atoms with van der Waals surface area (Å²) in [7, 11) is 0. The number of aryl methyl sites for hydroxylation is 2. The van der Waals surface area contributed by atoms with E-state index in [1.807, 2.05) is 43.9 Å². The number of amides is 1. The molecule has 0 bridgehead atoms. The molecule has 0 aromatic heterocycles. The number of piperidine rings is 1. The van der Waals surface area contributed by atoms with Crippen LogP contribution in [0, 0.1) is 19.8 Å². The van der Waals surface area contributed by atoms with Crippen LogP contribution in [0.4, 0.5) is 0 Å². The van der Waals surface area contributed by atoms with Crippen molar-refractivity contribution < 1.29 is 19.2 Å². The predicted octanol–water partition coefficient (Wildman–Crippen LogP) is 5.32. The highest BCUT2D eigenvalue weighted by Crippen LogP contribution is 2.22. The van der Waals surface area contributed by atoms with Crippen LogP contribution in [0.2, 0.25) is 0 Å². The van der Waals surface area contributed by atoms with Crippen LogP contribution in [0.15, 0.2) is 41.6 Å². The zero-order chi connectivity index (χ0) is 24.5. The highest BCUT2D eigenvalue weighted by molar-refractivity contribution is 6.00. The minimum absolute atomic E-state index is 0.0302. The maximum absolute atomic E-state index is 13.1. The van der Waals surface area contributed by atoms with Gasteiger partial charge in [-0.15, -0.1) is 0 Å². The topological polar surface area (TPSA) is 68.2 Å². The molecule has 1 aromatic rings. The molecule has 2 aliphatic rings. The second kappa shape index (κ2) is 12.5. The molecule has 2 heterocycles. The highest BCUT2D eigenvalue weighted by Gasteiger charge is 2.21. The number of likely N-dealkylation sites (tertiary alicyclic amines) is 1. The van der Waals surface area contributed by atoms with Crippen LogP contribution in [-0.2, 0) is 20.8 Å². The number of allylic oxidation sites excluding steroid dienone is 3. The van der Waals surface area contributed by atoms with E-state index in [0.717, 1.165) is 49.0 Å². The van der Waals surface area contributed by atoms with Crippen molar-refractivity contribution in [3.8, 4) is 0 Å². The molecule has 34 heavy (non-hydrogen) atoms. The van der Waals surface area contributed by atoms with Gasteiger partial charge in [0.25, 0.3) is 5.91 Å². The molecule has 1 fully saturated rings. The van der Waals surface area contributed by atoms with Crippen molar-refractivity contribution in [2.24, 2.45) is 11.1 Å². The summed E-state index contributed by atoms with van der Waals surface area (Å²) < 4.78 is 5.76. The summed E-state index contributed by atoms with van der Waals surface area (Å²) in [6.45, 7) is 9.52. The predicted molar refractivity (Wildman–Crippen MR) is 135 cm³/mol. The zero-order valence-corrected chi connectivity index (χ0v) is 21.0. The third-order valence-corrected chi connectivity index (χ3v) is 6.27. The van der Waals surface area contributed by atoms with Gasteiger partial charge in [-0.3, -0.25) is 4.79 Å². The Morgan fingerprint density at radius 3 is 2.65 bits per heavy atom. The van der Waals surface area contributed by atoms with Crippen LogP contribution in [-0.4, -0.2) is 48.3 Å². The summed E-state index contributed by atoms with van der Waals surface area (Å²) in [5.41, 5.74) is 4.06. The molecule has 1 amide bonds. The van der Waals surface area contributed by atoms with Gasteiger partial charge in [-0.1, -0.05) is 48.0 Å². The Morgan fingerprint density at radius 2 is 1.88 bits per heavy atom. The average molecular weight is 467 g/mol. The van der Waals surface area contributed by atoms with Crippen molar-refractivity contribution in [2.45, 2.75) is 72.3 Å². The van der Waals surface area contributed by atoms with E-state index >= 15 is 0 Å². The number of carbonyl (C=O) groups excluding carboxylic acids is 2. The minimum atomic E-state index is -0.317. The lowest BCUT2D eigenvalue weighted by Crippen LogP contribution is -2.37. The van der Waals surface area contributed by atoms with Crippen molar-refractivity contribution in [1.29, 1.82) is 0 Å². The number of hydrogen-bond donors (Lipinski definition) is 0. The number of benzene rings is 1. The molecule has 1 saturated heterocycles. The van der Waals surface area contributed by atoms with Gasteiger partial charge in [0.15, 0.2) is 6.61 Å². The van der Waals surface area contributed by atoms with Crippen LogP contribution < -0.4 is 0 Å². The first-order valence-electron chi connectivity index (χ1n) is 12.4. The number of nitrogens with zero attached hydrogens (tertiary/aromatic N) is 2. The molecule has 2 atom stereocenters. The maximum Gasteiger partial charge on any atom is 0.338 e. The molecule has 3 rings (SSSR count). The Bertz CT molecular complexity index is 957. The van der Waals surface area contributed by atoms with Crippen LogP contribution in [0.1, 0.15) is 73.0 Å². The van der Waals surface area contributed by atoms with Gasteiger partial charge in [-0.25, -0.2) is 4.79 Å².